The smallest absolute Gasteiger partial charge is 0.234 e. The highest BCUT2D eigenvalue weighted by atomic mass is 16.5. The van der Waals surface area contributed by atoms with E-state index in [-0.39, 0.29) is 11.9 Å². The van der Waals surface area contributed by atoms with Gasteiger partial charge in [-0.3, -0.25) is 4.79 Å². The predicted octanol–water partition coefficient (Wildman–Crippen LogP) is 1.87. The molecule has 4 nitrogen and oxygen atoms in total. The second kappa shape index (κ2) is 8.53. The largest absolute Gasteiger partial charge is 0.494 e. The first kappa shape index (κ1) is 15.5. The molecule has 0 aliphatic heterocycles. The Balaban J connectivity index is 2.40. The molecule has 0 radical (unpaired) electrons. The Morgan fingerprint density at radius 1 is 1.42 bits per heavy atom. The molecule has 19 heavy (non-hydrogen) atoms. The topological polar surface area (TPSA) is 64.3 Å². The van der Waals surface area contributed by atoms with Gasteiger partial charge in [0.2, 0.25) is 5.91 Å². The summed E-state index contributed by atoms with van der Waals surface area (Å²) >= 11 is 0. The van der Waals surface area contributed by atoms with E-state index in [0.717, 1.165) is 25.1 Å². The van der Waals surface area contributed by atoms with Crippen molar-refractivity contribution in [2.75, 3.05) is 13.2 Å². The Kier molecular flexibility index (Phi) is 6.97. The highest BCUT2D eigenvalue weighted by molar-refractivity contribution is 5.79. The van der Waals surface area contributed by atoms with Crippen molar-refractivity contribution in [3.8, 4) is 5.75 Å². The van der Waals surface area contributed by atoms with E-state index < -0.39 is 0 Å². The Labute approximate surface area is 115 Å². The molecule has 106 valence electrons. The number of ether oxygens (including phenoxy) is 1. The Morgan fingerprint density at radius 3 is 2.84 bits per heavy atom. The lowest BCUT2D eigenvalue weighted by molar-refractivity contribution is -0.120. The molecule has 1 amide bonds. The summed E-state index contributed by atoms with van der Waals surface area (Å²) < 4.78 is 5.66. The average Bonchev–Trinajstić information content (AvgIpc) is 2.42. The number of benzene rings is 1. The first-order chi connectivity index (χ1) is 9.17. The summed E-state index contributed by atoms with van der Waals surface area (Å²) in [4.78, 5) is 11.3. The third kappa shape index (κ3) is 5.75. The standard InChI is InChI=1S/C15H24N2O2/c1-3-9-17-14(15(16)18)8-10-19-13-7-5-6-12(4-2)11-13/h5-7,11,14,17H,3-4,8-10H2,1-2H3,(H2,16,18). The van der Waals surface area contributed by atoms with Crippen molar-refractivity contribution in [2.24, 2.45) is 5.73 Å². The number of carbonyl (C=O) groups excluding carboxylic acids is 1. The van der Waals surface area contributed by atoms with Gasteiger partial charge in [0, 0.05) is 6.42 Å². The summed E-state index contributed by atoms with van der Waals surface area (Å²) in [6, 6.07) is 7.70. The van der Waals surface area contributed by atoms with Crippen LogP contribution in [0.2, 0.25) is 0 Å². The maximum Gasteiger partial charge on any atom is 0.234 e. The van der Waals surface area contributed by atoms with E-state index in [2.05, 4.69) is 25.2 Å². The summed E-state index contributed by atoms with van der Waals surface area (Å²) in [7, 11) is 0. The number of rotatable bonds is 9. The molecule has 1 unspecified atom stereocenters. The third-order valence-corrected chi connectivity index (χ3v) is 2.97. The minimum atomic E-state index is -0.320. The van der Waals surface area contributed by atoms with Crippen LogP contribution in [0.3, 0.4) is 0 Å². The highest BCUT2D eigenvalue weighted by Gasteiger charge is 2.13. The summed E-state index contributed by atoms with van der Waals surface area (Å²) in [5.74, 6) is 0.525. The maximum absolute atomic E-state index is 11.3. The molecule has 0 spiro atoms. The van der Waals surface area contributed by atoms with E-state index in [1.165, 1.54) is 5.56 Å². The van der Waals surface area contributed by atoms with Gasteiger partial charge in [-0.1, -0.05) is 26.0 Å². The van der Waals surface area contributed by atoms with Crippen molar-refractivity contribution in [1.82, 2.24) is 5.32 Å². The molecular weight excluding hydrogens is 240 g/mol. The molecule has 0 bridgehead atoms. The number of carbonyl (C=O) groups is 1. The molecular formula is C15H24N2O2. The molecule has 0 fully saturated rings. The Hall–Kier alpha value is -1.55. The molecule has 1 aromatic rings. The molecule has 0 aromatic heterocycles. The Morgan fingerprint density at radius 2 is 2.21 bits per heavy atom. The van der Waals surface area contributed by atoms with Gasteiger partial charge in [0.05, 0.1) is 12.6 Å². The minimum Gasteiger partial charge on any atom is -0.494 e. The summed E-state index contributed by atoms with van der Waals surface area (Å²) in [6.07, 6.45) is 2.55. The summed E-state index contributed by atoms with van der Waals surface area (Å²) in [5, 5.41) is 3.12. The first-order valence-electron chi connectivity index (χ1n) is 6.91. The molecule has 0 saturated heterocycles. The van der Waals surface area contributed by atoms with Gasteiger partial charge in [0.1, 0.15) is 5.75 Å². The zero-order chi connectivity index (χ0) is 14.1. The average molecular weight is 264 g/mol. The number of nitrogens with one attached hydrogen (secondary N) is 1. The molecule has 3 N–H and O–H groups in total. The molecule has 0 aliphatic rings. The van der Waals surface area contributed by atoms with Crippen LogP contribution in [0.1, 0.15) is 32.3 Å². The van der Waals surface area contributed by atoms with Crippen LogP contribution in [-0.4, -0.2) is 25.1 Å². The maximum atomic E-state index is 11.3. The highest BCUT2D eigenvalue weighted by Crippen LogP contribution is 2.14. The number of nitrogens with two attached hydrogens (primary N) is 1. The molecule has 1 rings (SSSR count). The second-order valence-corrected chi connectivity index (χ2v) is 4.55. The first-order valence-corrected chi connectivity index (χ1v) is 6.91. The lowest BCUT2D eigenvalue weighted by atomic mass is 10.1. The molecule has 0 aliphatic carbocycles. The Bertz CT molecular complexity index is 393. The fraction of sp³-hybridized carbons (Fsp3) is 0.533. The third-order valence-electron chi connectivity index (χ3n) is 2.97. The number of primary amides is 1. The van der Waals surface area contributed by atoms with Crippen LogP contribution in [0.5, 0.6) is 5.75 Å². The molecule has 4 heteroatoms. The molecule has 1 atom stereocenters. The van der Waals surface area contributed by atoms with E-state index in [1.807, 2.05) is 18.2 Å². The van der Waals surface area contributed by atoms with Gasteiger partial charge in [0.15, 0.2) is 0 Å². The van der Waals surface area contributed by atoms with Gasteiger partial charge in [-0.05, 0) is 37.1 Å². The molecule has 0 saturated carbocycles. The number of amides is 1. The van der Waals surface area contributed by atoms with Gasteiger partial charge in [-0.2, -0.15) is 0 Å². The van der Waals surface area contributed by atoms with Gasteiger partial charge >= 0.3 is 0 Å². The molecule has 1 aromatic carbocycles. The van der Waals surface area contributed by atoms with Crippen LogP contribution >= 0.6 is 0 Å². The van der Waals surface area contributed by atoms with E-state index >= 15 is 0 Å². The molecule has 0 heterocycles. The van der Waals surface area contributed by atoms with Crippen LogP contribution < -0.4 is 15.8 Å². The second-order valence-electron chi connectivity index (χ2n) is 4.55. The van der Waals surface area contributed by atoms with E-state index in [9.17, 15) is 4.79 Å². The monoisotopic (exact) mass is 264 g/mol. The summed E-state index contributed by atoms with van der Waals surface area (Å²) in [6.45, 7) is 5.44. The summed E-state index contributed by atoms with van der Waals surface area (Å²) in [5.41, 5.74) is 6.59. The zero-order valence-electron chi connectivity index (χ0n) is 11.8. The fourth-order valence-corrected chi connectivity index (χ4v) is 1.81. The van der Waals surface area contributed by atoms with Gasteiger partial charge in [-0.15, -0.1) is 0 Å². The van der Waals surface area contributed by atoms with Crippen LogP contribution in [0.25, 0.3) is 0 Å². The number of hydrogen-bond donors (Lipinski definition) is 2. The minimum absolute atomic E-state index is 0.311. The SMILES string of the molecule is CCCNC(CCOc1cccc(CC)c1)C(N)=O. The van der Waals surface area contributed by atoms with Crippen molar-refractivity contribution in [1.29, 1.82) is 0 Å². The van der Waals surface area contributed by atoms with Crippen molar-refractivity contribution in [3.63, 3.8) is 0 Å². The van der Waals surface area contributed by atoms with Gasteiger partial charge in [0.25, 0.3) is 0 Å². The number of hydrogen-bond acceptors (Lipinski definition) is 3. The van der Waals surface area contributed by atoms with Crippen molar-refractivity contribution in [3.05, 3.63) is 29.8 Å². The van der Waals surface area contributed by atoms with Crippen LogP contribution in [-0.2, 0) is 11.2 Å². The lowest BCUT2D eigenvalue weighted by Gasteiger charge is -2.15. The predicted molar refractivity (Wildman–Crippen MR) is 77.2 cm³/mol. The normalized spacial score (nSPS) is 12.1. The van der Waals surface area contributed by atoms with E-state index in [0.29, 0.717) is 13.0 Å². The lowest BCUT2D eigenvalue weighted by Crippen LogP contribution is -2.42. The van der Waals surface area contributed by atoms with Gasteiger partial charge < -0.3 is 15.8 Å². The van der Waals surface area contributed by atoms with E-state index in [4.69, 9.17) is 10.5 Å². The van der Waals surface area contributed by atoms with Crippen molar-refractivity contribution < 1.29 is 9.53 Å². The van der Waals surface area contributed by atoms with Crippen molar-refractivity contribution in [2.45, 2.75) is 39.2 Å². The van der Waals surface area contributed by atoms with Crippen LogP contribution in [0.4, 0.5) is 0 Å². The quantitative estimate of drug-likeness (QED) is 0.715. The number of aryl methyl sites for hydroxylation is 1. The van der Waals surface area contributed by atoms with Crippen molar-refractivity contribution >= 4 is 5.91 Å². The van der Waals surface area contributed by atoms with Gasteiger partial charge in [-0.25, -0.2) is 0 Å². The zero-order valence-corrected chi connectivity index (χ0v) is 11.8. The van der Waals surface area contributed by atoms with E-state index in [1.54, 1.807) is 0 Å². The fourth-order valence-electron chi connectivity index (χ4n) is 1.81. The van der Waals surface area contributed by atoms with Crippen LogP contribution in [0, 0.1) is 0 Å². The van der Waals surface area contributed by atoms with Crippen LogP contribution in [0.15, 0.2) is 24.3 Å².